The van der Waals surface area contributed by atoms with Crippen LogP contribution in [-0.4, -0.2) is 29.7 Å². The second-order valence-electron chi connectivity index (χ2n) is 3.28. The SMILES string of the molecule is O=CC1CCN2C(=O)CCC12. The van der Waals surface area contributed by atoms with Crippen molar-refractivity contribution >= 4 is 12.2 Å². The van der Waals surface area contributed by atoms with Gasteiger partial charge in [-0.3, -0.25) is 4.79 Å². The molecule has 2 aliphatic rings. The molecule has 2 unspecified atom stereocenters. The first kappa shape index (κ1) is 6.83. The molecule has 1 amide bonds. The number of hydrogen-bond acceptors (Lipinski definition) is 2. The fraction of sp³-hybridized carbons (Fsp3) is 0.750. The van der Waals surface area contributed by atoms with Gasteiger partial charge < -0.3 is 9.69 Å². The molecule has 60 valence electrons. The smallest absolute Gasteiger partial charge is 0.222 e. The summed E-state index contributed by atoms with van der Waals surface area (Å²) in [4.78, 5) is 23.5. The van der Waals surface area contributed by atoms with E-state index in [1.165, 1.54) is 0 Å². The van der Waals surface area contributed by atoms with Crippen LogP contribution < -0.4 is 0 Å². The van der Waals surface area contributed by atoms with Gasteiger partial charge in [0.2, 0.25) is 5.91 Å². The molecule has 2 fully saturated rings. The van der Waals surface area contributed by atoms with Crippen LogP contribution in [0.4, 0.5) is 0 Å². The maximum absolute atomic E-state index is 11.1. The van der Waals surface area contributed by atoms with E-state index in [1.807, 2.05) is 4.90 Å². The van der Waals surface area contributed by atoms with Crippen LogP contribution in [0.25, 0.3) is 0 Å². The average Bonchev–Trinajstić information content (AvgIpc) is 2.53. The van der Waals surface area contributed by atoms with Crippen LogP contribution in [0.1, 0.15) is 19.3 Å². The Kier molecular flexibility index (Phi) is 1.44. The van der Waals surface area contributed by atoms with Gasteiger partial charge in [0.15, 0.2) is 0 Å². The lowest BCUT2D eigenvalue weighted by Gasteiger charge is -2.15. The van der Waals surface area contributed by atoms with Crippen molar-refractivity contribution in [1.29, 1.82) is 0 Å². The first-order valence-electron chi connectivity index (χ1n) is 4.07. The summed E-state index contributed by atoms with van der Waals surface area (Å²) < 4.78 is 0. The number of fused-ring (bicyclic) bond motifs is 1. The van der Waals surface area contributed by atoms with E-state index in [4.69, 9.17) is 0 Å². The average molecular weight is 153 g/mol. The van der Waals surface area contributed by atoms with Crippen LogP contribution >= 0.6 is 0 Å². The number of carbonyl (C=O) groups excluding carboxylic acids is 2. The van der Waals surface area contributed by atoms with Crippen molar-refractivity contribution in [2.75, 3.05) is 6.54 Å². The van der Waals surface area contributed by atoms with Crippen molar-refractivity contribution in [2.45, 2.75) is 25.3 Å². The molecule has 0 aromatic rings. The third-order valence-electron chi connectivity index (χ3n) is 2.75. The highest BCUT2D eigenvalue weighted by molar-refractivity contribution is 5.80. The van der Waals surface area contributed by atoms with Gasteiger partial charge in [-0.15, -0.1) is 0 Å². The van der Waals surface area contributed by atoms with E-state index >= 15 is 0 Å². The van der Waals surface area contributed by atoms with Crippen LogP contribution in [0.5, 0.6) is 0 Å². The quantitative estimate of drug-likeness (QED) is 0.504. The van der Waals surface area contributed by atoms with Crippen LogP contribution in [0.15, 0.2) is 0 Å². The summed E-state index contributed by atoms with van der Waals surface area (Å²) in [6.45, 7) is 0.799. The first-order valence-corrected chi connectivity index (χ1v) is 4.07. The Morgan fingerprint density at radius 2 is 2.27 bits per heavy atom. The lowest BCUT2D eigenvalue weighted by atomic mass is 10.0. The van der Waals surface area contributed by atoms with E-state index in [9.17, 15) is 9.59 Å². The van der Waals surface area contributed by atoms with Gasteiger partial charge in [0.25, 0.3) is 0 Å². The minimum Gasteiger partial charge on any atom is -0.339 e. The van der Waals surface area contributed by atoms with Crippen molar-refractivity contribution in [3.63, 3.8) is 0 Å². The zero-order chi connectivity index (χ0) is 7.84. The minimum atomic E-state index is 0.126. The summed E-state index contributed by atoms with van der Waals surface area (Å²) in [6.07, 6.45) is 3.42. The number of carbonyl (C=O) groups is 2. The molecule has 2 atom stereocenters. The number of nitrogens with zero attached hydrogens (tertiary/aromatic N) is 1. The summed E-state index contributed by atoms with van der Waals surface area (Å²) in [5.74, 6) is 0.362. The predicted molar refractivity (Wildman–Crippen MR) is 38.9 cm³/mol. The van der Waals surface area contributed by atoms with Gasteiger partial charge in [0, 0.05) is 24.9 Å². The van der Waals surface area contributed by atoms with E-state index in [0.717, 1.165) is 25.7 Å². The molecular weight excluding hydrogens is 142 g/mol. The maximum atomic E-state index is 11.1. The molecule has 2 heterocycles. The highest BCUT2D eigenvalue weighted by atomic mass is 16.2. The Balaban J connectivity index is 2.15. The topological polar surface area (TPSA) is 37.4 Å². The molecule has 0 aromatic carbocycles. The van der Waals surface area contributed by atoms with E-state index in [0.29, 0.717) is 6.42 Å². The molecule has 0 aliphatic carbocycles. The summed E-state index contributed by atoms with van der Waals surface area (Å²) in [7, 11) is 0. The molecule has 0 spiro atoms. The van der Waals surface area contributed by atoms with E-state index in [2.05, 4.69) is 0 Å². The van der Waals surface area contributed by atoms with Crippen molar-refractivity contribution < 1.29 is 9.59 Å². The molecule has 2 saturated heterocycles. The highest BCUT2D eigenvalue weighted by Gasteiger charge is 2.40. The monoisotopic (exact) mass is 153 g/mol. The Morgan fingerprint density at radius 1 is 1.45 bits per heavy atom. The fourth-order valence-electron chi connectivity index (χ4n) is 2.13. The molecule has 11 heavy (non-hydrogen) atoms. The molecule has 2 rings (SSSR count). The van der Waals surface area contributed by atoms with Crippen molar-refractivity contribution in [3.8, 4) is 0 Å². The molecule has 0 N–H and O–H groups in total. The molecular formula is C8H11NO2. The van der Waals surface area contributed by atoms with Gasteiger partial charge in [-0.25, -0.2) is 0 Å². The van der Waals surface area contributed by atoms with Crippen LogP contribution in [0.2, 0.25) is 0 Å². The van der Waals surface area contributed by atoms with Gasteiger partial charge >= 0.3 is 0 Å². The molecule has 0 aromatic heterocycles. The summed E-state index contributed by atoms with van der Waals surface area (Å²) in [5, 5.41) is 0. The molecule has 2 aliphatic heterocycles. The zero-order valence-corrected chi connectivity index (χ0v) is 6.32. The van der Waals surface area contributed by atoms with Crippen molar-refractivity contribution in [3.05, 3.63) is 0 Å². The predicted octanol–water partition coefficient (Wildman–Crippen LogP) is 0.196. The largest absolute Gasteiger partial charge is 0.339 e. The Bertz CT molecular complexity index is 202. The molecule has 0 radical (unpaired) electrons. The summed E-state index contributed by atoms with van der Waals surface area (Å²) in [6, 6.07) is 0.250. The highest BCUT2D eigenvalue weighted by Crippen LogP contribution is 2.31. The van der Waals surface area contributed by atoms with Gasteiger partial charge in [0.1, 0.15) is 6.29 Å². The first-order chi connectivity index (χ1) is 5.33. The fourth-order valence-corrected chi connectivity index (χ4v) is 2.13. The normalized spacial score (nSPS) is 36.0. The molecule has 3 heteroatoms. The van der Waals surface area contributed by atoms with E-state index in [-0.39, 0.29) is 17.9 Å². The van der Waals surface area contributed by atoms with Gasteiger partial charge in [-0.2, -0.15) is 0 Å². The zero-order valence-electron chi connectivity index (χ0n) is 6.32. The standard InChI is InChI=1S/C8H11NO2/c10-5-6-3-4-9-7(6)1-2-8(9)11/h5-7H,1-4H2. The number of hydrogen-bond donors (Lipinski definition) is 0. The number of amides is 1. The third kappa shape index (κ3) is 0.870. The van der Waals surface area contributed by atoms with Gasteiger partial charge in [-0.1, -0.05) is 0 Å². The Hall–Kier alpha value is -0.860. The number of aldehydes is 1. The maximum Gasteiger partial charge on any atom is 0.222 e. The lowest BCUT2D eigenvalue weighted by Crippen LogP contribution is -2.29. The van der Waals surface area contributed by atoms with Crippen molar-refractivity contribution in [2.24, 2.45) is 5.92 Å². The van der Waals surface area contributed by atoms with Crippen LogP contribution in [0, 0.1) is 5.92 Å². The summed E-state index contributed by atoms with van der Waals surface area (Å²) >= 11 is 0. The second-order valence-corrected chi connectivity index (χ2v) is 3.28. The Labute approximate surface area is 65.4 Å². The number of rotatable bonds is 1. The van der Waals surface area contributed by atoms with Gasteiger partial charge in [0.05, 0.1) is 0 Å². The second kappa shape index (κ2) is 2.32. The van der Waals surface area contributed by atoms with Crippen molar-refractivity contribution in [1.82, 2.24) is 4.90 Å². The molecule has 0 saturated carbocycles. The summed E-state index contributed by atoms with van der Waals surface area (Å²) in [5.41, 5.74) is 0. The van der Waals surface area contributed by atoms with Crippen LogP contribution in [0.3, 0.4) is 0 Å². The van der Waals surface area contributed by atoms with Gasteiger partial charge in [-0.05, 0) is 12.8 Å². The lowest BCUT2D eigenvalue weighted by molar-refractivity contribution is -0.128. The minimum absolute atomic E-state index is 0.126. The van der Waals surface area contributed by atoms with E-state index < -0.39 is 0 Å². The third-order valence-corrected chi connectivity index (χ3v) is 2.75. The van der Waals surface area contributed by atoms with E-state index in [1.54, 1.807) is 0 Å². The molecule has 0 bridgehead atoms. The van der Waals surface area contributed by atoms with Crippen LogP contribution in [-0.2, 0) is 9.59 Å². The molecule has 3 nitrogen and oxygen atoms in total. The Morgan fingerprint density at radius 3 is 3.00 bits per heavy atom.